The Morgan fingerprint density at radius 1 is 0.328 bits per heavy atom. The van der Waals surface area contributed by atoms with Gasteiger partial charge in [0.1, 0.15) is 11.5 Å². The van der Waals surface area contributed by atoms with E-state index in [0.717, 1.165) is 16.5 Å². The van der Waals surface area contributed by atoms with E-state index in [1.807, 2.05) is 158 Å². The van der Waals surface area contributed by atoms with E-state index >= 15 is 0 Å². The number of benzene rings is 8. The van der Waals surface area contributed by atoms with Crippen LogP contribution in [0.3, 0.4) is 0 Å². The van der Waals surface area contributed by atoms with Gasteiger partial charge >= 0.3 is 0 Å². The number of hydrogen-bond donors (Lipinski definition) is 1. The number of hydrogen-bond acceptors (Lipinski definition) is 2. The van der Waals surface area contributed by atoms with Gasteiger partial charge < -0.3 is 9.84 Å². The third-order valence-electron chi connectivity index (χ3n) is 10.9. The van der Waals surface area contributed by atoms with Gasteiger partial charge in [0.25, 0.3) is 0 Å². The predicted octanol–water partition coefficient (Wildman–Crippen LogP) is 20.3. The number of ether oxygens (including phenoxy) is 1. The summed E-state index contributed by atoms with van der Waals surface area (Å²) < 4.78 is 5.73. The molecule has 0 saturated heterocycles. The zero-order valence-corrected chi connectivity index (χ0v) is 44.8. The Balaban J connectivity index is 0.000000417. The van der Waals surface area contributed by atoms with Crippen LogP contribution in [0, 0.1) is 0 Å². The lowest BCUT2D eigenvalue weighted by molar-refractivity contribution is 0.245. The van der Waals surface area contributed by atoms with Gasteiger partial charge in [0.05, 0.1) is 6.10 Å². The minimum absolute atomic E-state index is 0.160. The first-order chi connectivity index (χ1) is 32.6. The van der Waals surface area contributed by atoms with Crippen LogP contribution in [-0.4, -0.2) is 11.2 Å². The van der Waals surface area contributed by atoms with Crippen molar-refractivity contribution in [3.05, 3.63) is 204 Å². The summed E-state index contributed by atoms with van der Waals surface area (Å²) in [6, 6.07) is 62.6. The second-order valence-corrected chi connectivity index (χ2v) is 15.6. The summed E-state index contributed by atoms with van der Waals surface area (Å²) in [7, 11) is 0. The predicted molar refractivity (Wildman–Crippen MR) is 301 cm³/mol. The van der Waals surface area contributed by atoms with E-state index in [1.54, 1.807) is 6.07 Å². The van der Waals surface area contributed by atoms with E-state index in [2.05, 4.69) is 143 Å². The van der Waals surface area contributed by atoms with Crippen LogP contribution in [0.2, 0.25) is 0 Å². The quantitative estimate of drug-likeness (QED) is 0.187. The largest absolute Gasteiger partial charge is 0.507 e. The van der Waals surface area contributed by atoms with Crippen molar-refractivity contribution in [2.45, 2.75) is 142 Å². The van der Waals surface area contributed by atoms with Crippen molar-refractivity contribution < 1.29 is 9.84 Å². The molecule has 0 saturated carbocycles. The molecule has 0 radical (unpaired) electrons. The average molecular weight is 899 g/mol. The molecular weight excluding hydrogens is 813 g/mol. The molecule has 8 aromatic rings. The molecule has 2 heteroatoms. The smallest absolute Gasteiger partial charge is 0.127 e. The topological polar surface area (TPSA) is 29.5 Å². The van der Waals surface area contributed by atoms with Crippen LogP contribution in [-0.2, 0) is 10.8 Å². The lowest BCUT2D eigenvalue weighted by Crippen LogP contribution is -2.14. The van der Waals surface area contributed by atoms with Gasteiger partial charge in [0.15, 0.2) is 0 Å². The number of fused-ring (bicyclic) bond motifs is 8. The number of phenolic OH excluding ortho intramolecular Hbond substituents is 1. The Morgan fingerprint density at radius 3 is 0.940 bits per heavy atom. The molecular formula is C65H86O2. The van der Waals surface area contributed by atoms with Crippen LogP contribution < -0.4 is 4.74 Å². The molecule has 1 N–H and O–H groups in total. The van der Waals surface area contributed by atoms with Crippen molar-refractivity contribution in [3.8, 4) is 33.8 Å². The molecule has 0 heterocycles. The standard InChI is InChI=1S/2C15H14.C13H14O.C10H8O.6C2H6/c2*1-15(2)13-9-5-3-7-11(13)12-8-4-6-10-14(12)15;1-10(2)14-13-9-5-7-11-6-3-4-8-12(11)13;11-10-7-3-5-8-4-1-2-6-9(8)10;6*1-2/h2*3-10H,1-2H3;3-10H,1-2H3;1-7,11H;6*1-2H3. The summed E-state index contributed by atoms with van der Waals surface area (Å²) in [5.74, 6) is 1.32. The highest BCUT2D eigenvalue weighted by molar-refractivity contribution is 5.89. The van der Waals surface area contributed by atoms with E-state index in [1.165, 1.54) is 55.3 Å². The molecule has 0 aliphatic heterocycles. The highest BCUT2D eigenvalue weighted by Crippen LogP contribution is 2.49. The first-order valence-corrected chi connectivity index (χ1v) is 25.3. The minimum atomic E-state index is 0.160. The Bertz CT molecular complexity index is 2370. The first-order valence-electron chi connectivity index (χ1n) is 25.3. The Morgan fingerprint density at radius 2 is 0.597 bits per heavy atom. The van der Waals surface area contributed by atoms with Crippen LogP contribution in [0.4, 0.5) is 0 Å². The summed E-state index contributed by atoms with van der Waals surface area (Å²) in [4.78, 5) is 0. The summed E-state index contributed by atoms with van der Waals surface area (Å²) in [6.07, 6.45) is 0.223. The third-order valence-corrected chi connectivity index (χ3v) is 10.9. The molecule has 0 fully saturated rings. The number of phenols is 1. The van der Waals surface area contributed by atoms with Crippen LogP contribution in [0.5, 0.6) is 11.5 Å². The molecule has 2 nitrogen and oxygen atoms in total. The van der Waals surface area contributed by atoms with Crippen molar-refractivity contribution in [3.63, 3.8) is 0 Å². The van der Waals surface area contributed by atoms with E-state index < -0.39 is 0 Å². The third kappa shape index (κ3) is 14.9. The van der Waals surface area contributed by atoms with Gasteiger partial charge in [0, 0.05) is 21.6 Å². The van der Waals surface area contributed by atoms with Crippen molar-refractivity contribution in [2.75, 3.05) is 0 Å². The molecule has 0 unspecified atom stereocenters. The van der Waals surface area contributed by atoms with Crippen LogP contribution in [0.25, 0.3) is 43.8 Å². The lowest BCUT2D eigenvalue weighted by atomic mass is 9.82. The Labute approximate surface area is 409 Å². The van der Waals surface area contributed by atoms with E-state index in [9.17, 15) is 5.11 Å². The normalized spacial score (nSPS) is 11.6. The van der Waals surface area contributed by atoms with Gasteiger partial charge in [-0.05, 0) is 81.3 Å². The van der Waals surface area contributed by atoms with Crippen LogP contribution in [0.15, 0.2) is 182 Å². The number of rotatable bonds is 2. The molecule has 2 aliphatic carbocycles. The highest BCUT2D eigenvalue weighted by atomic mass is 16.5. The van der Waals surface area contributed by atoms with Crippen molar-refractivity contribution in [1.29, 1.82) is 0 Å². The second-order valence-electron chi connectivity index (χ2n) is 15.6. The van der Waals surface area contributed by atoms with E-state index in [4.69, 9.17) is 4.74 Å². The fourth-order valence-electron chi connectivity index (χ4n) is 8.10. The molecule has 0 aromatic heterocycles. The van der Waals surface area contributed by atoms with Gasteiger partial charge in [-0.1, -0.05) is 281 Å². The molecule has 358 valence electrons. The fraction of sp³-hybridized carbons (Fsp3) is 0.323. The zero-order valence-electron chi connectivity index (χ0n) is 44.8. The summed E-state index contributed by atoms with van der Waals surface area (Å²) >= 11 is 0. The average Bonchev–Trinajstić information content (AvgIpc) is 3.78. The van der Waals surface area contributed by atoms with Gasteiger partial charge in [-0.3, -0.25) is 0 Å². The molecule has 2 aliphatic rings. The monoisotopic (exact) mass is 899 g/mol. The van der Waals surface area contributed by atoms with Gasteiger partial charge in [-0.15, -0.1) is 0 Å². The van der Waals surface area contributed by atoms with Crippen molar-refractivity contribution in [2.24, 2.45) is 0 Å². The Kier molecular flexibility index (Phi) is 27.2. The first kappa shape index (κ1) is 58.9. The molecule has 8 aromatic carbocycles. The maximum atomic E-state index is 9.37. The molecule has 0 spiro atoms. The molecule has 10 rings (SSSR count). The molecule has 67 heavy (non-hydrogen) atoms. The maximum absolute atomic E-state index is 9.37. The van der Waals surface area contributed by atoms with E-state index in [0.29, 0.717) is 5.75 Å². The summed E-state index contributed by atoms with van der Waals surface area (Å²) in [5, 5.41) is 13.8. The number of aromatic hydroxyl groups is 1. The summed E-state index contributed by atoms with van der Waals surface area (Å²) in [6.45, 7) is 37.3. The lowest BCUT2D eigenvalue weighted by Gasteiger charge is -2.20. The van der Waals surface area contributed by atoms with Gasteiger partial charge in [-0.2, -0.15) is 0 Å². The van der Waals surface area contributed by atoms with Crippen molar-refractivity contribution in [1.82, 2.24) is 0 Å². The molecule has 0 atom stereocenters. The Hall–Kier alpha value is -6.12. The van der Waals surface area contributed by atoms with Gasteiger partial charge in [-0.25, -0.2) is 0 Å². The molecule has 0 bridgehead atoms. The zero-order chi connectivity index (χ0) is 50.6. The highest BCUT2D eigenvalue weighted by Gasteiger charge is 2.35. The minimum Gasteiger partial charge on any atom is -0.507 e. The maximum Gasteiger partial charge on any atom is 0.127 e. The fourth-order valence-corrected chi connectivity index (χ4v) is 8.10. The SMILES string of the molecule is CC.CC.CC.CC.CC.CC.CC(C)Oc1cccc2ccccc12.CC1(C)c2ccccc2-c2ccccc21.CC1(C)c2ccccc2-c2ccccc21.Oc1cccc2ccccc12. The molecule has 0 amide bonds. The van der Waals surface area contributed by atoms with Crippen LogP contribution in [0.1, 0.15) is 147 Å². The van der Waals surface area contributed by atoms with E-state index in [-0.39, 0.29) is 16.9 Å². The summed E-state index contributed by atoms with van der Waals surface area (Å²) in [5.41, 5.74) is 11.7. The van der Waals surface area contributed by atoms with Crippen molar-refractivity contribution >= 4 is 21.5 Å². The van der Waals surface area contributed by atoms with Crippen LogP contribution >= 0.6 is 0 Å². The van der Waals surface area contributed by atoms with Gasteiger partial charge in [0.2, 0.25) is 0 Å². The second kappa shape index (κ2) is 31.0.